The fourth-order valence-electron chi connectivity index (χ4n) is 7.94. The van der Waals surface area contributed by atoms with Crippen LogP contribution in [-0.2, 0) is 12.8 Å². The van der Waals surface area contributed by atoms with Gasteiger partial charge in [-0.2, -0.15) is 0 Å². The Balaban J connectivity index is 1.42. The zero-order valence-corrected chi connectivity index (χ0v) is 29.5. The summed E-state index contributed by atoms with van der Waals surface area (Å²) in [6, 6.07) is 15.9. The molecular weight excluding hydrogens is 584 g/mol. The molecule has 6 heteroatoms. The molecule has 0 unspecified atom stereocenters. The van der Waals surface area contributed by atoms with Crippen LogP contribution in [0.2, 0.25) is 0 Å². The second kappa shape index (κ2) is 19.7. The summed E-state index contributed by atoms with van der Waals surface area (Å²) in [5, 5.41) is 6.76. The average molecular weight is 647 g/mol. The molecule has 2 fully saturated rings. The predicted molar refractivity (Wildman–Crippen MR) is 192 cm³/mol. The molecule has 0 aliphatic heterocycles. The maximum absolute atomic E-state index is 13.6. The van der Waals surface area contributed by atoms with E-state index in [4.69, 9.17) is 9.47 Å². The van der Waals surface area contributed by atoms with Gasteiger partial charge in [0.05, 0.1) is 0 Å². The Kier molecular flexibility index (Phi) is 15.4. The highest BCUT2D eigenvalue weighted by Crippen LogP contribution is 2.41. The van der Waals surface area contributed by atoms with Crippen molar-refractivity contribution in [3.05, 3.63) is 59.7 Å². The van der Waals surface area contributed by atoms with Crippen molar-refractivity contribution < 1.29 is 19.1 Å². The molecule has 0 atom stereocenters. The quantitative estimate of drug-likeness (QED) is 0.158. The van der Waals surface area contributed by atoms with Gasteiger partial charge >= 0.3 is 12.2 Å². The smallest absolute Gasteiger partial charge is 0.410 e. The fourth-order valence-corrected chi connectivity index (χ4v) is 7.94. The van der Waals surface area contributed by atoms with Crippen LogP contribution in [0, 0.1) is 0 Å². The maximum atomic E-state index is 13.6. The number of amides is 2. The lowest BCUT2D eigenvalue weighted by molar-refractivity contribution is 0.107. The van der Waals surface area contributed by atoms with Gasteiger partial charge in [-0.15, -0.1) is 0 Å². The van der Waals surface area contributed by atoms with Gasteiger partial charge in [-0.05, 0) is 81.0 Å². The zero-order chi connectivity index (χ0) is 33.2. The fraction of sp³-hybridized carbons (Fsp3) is 0.659. The molecule has 0 aromatic heterocycles. The largest absolute Gasteiger partial charge is 0.413 e. The Morgan fingerprint density at radius 2 is 0.936 bits per heavy atom. The second-order valence-corrected chi connectivity index (χ2v) is 14.4. The Morgan fingerprint density at radius 3 is 1.34 bits per heavy atom. The minimum Gasteiger partial charge on any atom is -0.410 e. The summed E-state index contributed by atoms with van der Waals surface area (Å²) in [5.74, 6) is 1.31. The molecule has 47 heavy (non-hydrogen) atoms. The molecule has 2 amide bonds. The van der Waals surface area contributed by atoms with E-state index < -0.39 is 11.1 Å². The van der Waals surface area contributed by atoms with Crippen LogP contribution >= 0.6 is 0 Å². The molecule has 0 heterocycles. The number of benzene rings is 2. The highest BCUT2D eigenvalue weighted by Gasteiger charge is 2.45. The number of nitrogens with one attached hydrogen (secondary N) is 2. The third-order valence-electron chi connectivity index (χ3n) is 10.5. The number of hydrogen-bond acceptors (Lipinski definition) is 4. The van der Waals surface area contributed by atoms with Crippen molar-refractivity contribution in [3.63, 3.8) is 0 Å². The normalized spacial score (nSPS) is 17.1. The number of rotatable bonds is 18. The molecule has 2 N–H and O–H groups in total. The van der Waals surface area contributed by atoms with Gasteiger partial charge in [0, 0.05) is 11.1 Å². The van der Waals surface area contributed by atoms with Crippen LogP contribution in [0.3, 0.4) is 0 Å². The van der Waals surface area contributed by atoms with Crippen LogP contribution in [-0.4, -0.2) is 23.3 Å². The van der Waals surface area contributed by atoms with Gasteiger partial charge < -0.3 is 20.1 Å². The number of unbranched alkanes of at least 4 members (excludes halogenated alkanes) is 8. The summed E-state index contributed by atoms with van der Waals surface area (Å²) in [6.45, 7) is 4.46. The van der Waals surface area contributed by atoms with E-state index in [2.05, 4.69) is 36.6 Å². The third kappa shape index (κ3) is 12.2. The van der Waals surface area contributed by atoms with Crippen molar-refractivity contribution in [3.8, 4) is 11.5 Å². The van der Waals surface area contributed by atoms with Gasteiger partial charge in [0.15, 0.2) is 0 Å². The highest BCUT2D eigenvalue weighted by atomic mass is 16.6. The van der Waals surface area contributed by atoms with Crippen molar-refractivity contribution in [1.82, 2.24) is 10.6 Å². The van der Waals surface area contributed by atoms with E-state index in [1.54, 1.807) is 0 Å². The number of hydrogen-bond donors (Lipinski definition) is 2. The lowest BCUT2D eigenvalue weighted by Crippen LogP contribution is -2.60. The number of carbonyl (C=O) groups is 2. The van der Waals surface area contributed by atoms with E-state index in [1.807, 2.05) is 36.4 Å². The lowest BCUT2D eigenvalue weighted by atomic mass is 9.68. The van der Waals surface area contributed by atoms with Crippen molar-refractivity contribution in [2.75, 3.05) is 0 Å². The summed E-state index contributed by atoms with van der Waals surface area (Å²) < 4.78 is 12.1. The number of para-hydroxylation sites is 2. The first-order valence-corrected chi connectivity index (χ1v) is 19.1. The minimum atomic E-state index is -0.425. The molecule has 6 nitrogen and oxygen atoms in total. The van der Waals surface area contributed by atoms with E-state index in [0.717, 1.165) is 101 Å². The predicted octanol–water partition coefficient (Wildman–Crippen LogP) is 11.4. The lowest BCUT2D eigenvalue weighted by Gasteiger charge is -2.47. The molecular formula is C41H62N2O4. The van der Waals surface area contributed by atoms with Gasteiger partial charge in [-0.25, -0.2) is 9.59 Å². The van der Waals surface area contributed by atoms with Crippen LogP contribution in [0.4, 0.5) is 9.59 Å². The highest BCUT2D eigenvalue weighted by molar-refractivity contribution is 5.73. The Labute approximate surface area is 285 Å². The number of aryl methyl sites for hydroxylation is 2. The molecule has 260 valence electrons. The van der Waals surface area contributed by atoms with Crippen molar-refractivity contribution in [2.24, 2.45) is 0 Å². The van der Waals surface area contributed by atoms with E-state index >= 15 is 0 Å². The monoisotopic (exact) mass is 646 g/mol. The Bertz CT molecular complexity index is 1120. The van der Waals surface area contributed by atoms with Crippen molar-refractivity contribution in [1.29, 1.82) is 0 Å². The summed E-state index contributed by atoms with van der Waals surface area (Å²) in [7, 11) is 0. The van der Waals surface area contributed by atoms with Gasteiger partial charge in [0.25, 0.3) is 0 Å². The van der Waals surface area contributed by atoms with Crippen LogP contribution in [0.5, 0.6) is 11.5 Å². The zero-order valence-electron chi connectivity index (χ0n) is 29.5. The molecule has 0 saturated heterocycles. The second-order valence-electron chi connectivity index (χ2n) is 14.4. The molecule has 2 aliphatic rings. The molecule has 2 saturated carbocycles. The Morgan fingerprint density at radius 1 is 0.553 bits per heavy atom. The first-order chi connectivity index (χ1) is 23.0. The summed E-state index contributed by atoms with van der Waals surface area (Å²) in [5.41, 5.74) is 1.33. The van der Waals surface area contributed by atoms with Gasteiger partial charge in [-0.3, -0.25) is 0 Å². The third-order valence-corrected chi connectivity index (χ3v) is 10.5. The molecule has 0 radical (unpaired) electrons. The number of carbonyl (C=O) groups excluding carboxylic acids is 2. The van der Waals surface area contributed by atoms with E-state index in [0.29, 0.717) is 17.9 Å². The van der Waals surface area contributed by atoms with Gasteiger partial charge in [-0.1, -0.05) is 140 Å². The summed E-state index contributed by atoms with van der Waals surface area (Å²) >= 11 is 0. The average Bonchev–Trinajstić information content (AvgIpc) is 3.06. The summed E-state index contributed by atoms with van der Waals surface area (Å²) in [6.07, 6.45) is 23.9. The van der Waals surface area contributed by atoms with Crippen molar-refractivity contribution >= 4 is 12.2 Å². The molecule has 2 aliphatic carbocycles. The topological polar surface area (TPSA) is 76.7 Å². The van der Waals surface area contributed by atoms with E-state index in [9.17, 15) is 9.59 Å². The first kappa shape index (κ1) is 36.8. The standard InChI is InChI=1S/C41H62N2O4/c1-3-5-7-9-13-23-34-25-15-17-27-36(34)46-38(44)42-40(29-19-11-20-30-40)33-41(31-21-12-22-32-41)43-39(45)47-37-28-18-16-26-35(37)24-14-10-8-6-4-2/h15-18,25-28H,3-14,19-24,29-33H2,1-2H3,(H,42,44)(H,43,45). The van der Waals surface area contributed by atoms with Gasteiger partial charge in [0.2, 0.25) is 0 Å². The molecule has 2 aromatic rings. The number of ether oxygens (including phenoxy) is 2. The van der Waals surface area contributed by atoms with Crippen LogP contribution in [0.25, 0.3) is 0 Å². The molecule has 4 rings (SSSR count). The molecule has 0 spiro atoms. The van der Waals surface area contributed by atoms with E-state index in [1.165, 1.54) is 51.4 Å². The Hall–Kier alpha value is -3.02. The van der Waals surface area contributed by atoms with Crippen LogP contribution in [0.1, 0.15) is 160 Å². The maximum Gasteiger partial charge on any atom is 0.413 e. The first-order valence-electron chi connectivity index (χ1n) is 19.1. The van der Waals surface area contributed by atoms with E-state index in [-0.39, 0.29) is 12.2 Å². The molecule has 2 aromatic carbocycles. The van der Waals surface area contributed by atoms with Crippen LogP contribution < -0.4 is 20.1 Å². The van der Waals surface area contributed by atoms with Gasteiger partial charge in [0.1, 0.15) is 11.5 Å². The molecule has 0 bridgehead atoms. The summed E-state index contributed by atoms with van der Waals surface area (Å²) in [4.78, 5) is 27.2. The van der Waals surface area contributed by atoms with Crippen LogP contribution in [0.15, 0.2) is 48.5 Å². The van der Waals surface area contributed by atoms with Crippen molar-refractivity contribution in [2.45, 2.75) is 173 Å². The SMILES string of the molecule is CCCCCCCc1ccccc1OC(=O)NC1(CC2(NC(=O)Oc3ccccc3CCCCCCC)CCCCC2)CCCCC1. The minimum absolute atomic E-state index is 0.383.